The normalized spacial score (nSPS) is 14.0. The number of amides is 1. The highest BCUT2D eigenvalue weighted by atomic mass is 19.1. The summed E-state index contributed by atoms with van der Waals surface area (Å²) >= 11 is 0. The lowest BCUT2D eigenvalue weighted by Gasteiger charge is -2.30. The zero-order valence-corrected chi connectivity index (χ0v) is 25.2. The average Bonchev–Trinajstić information content (AvgIpc) is 3.49. The Morgan fingerprint density at radius 1 is 1.05 bits per heavy atom. The Kier molecular flexibility index (Phi) is 9.66. The summed E-state index contributed by atoms with van der Waals surface area (Å²) in [6.07, 6.45) is 4.55. The van der Waals surface area contributed by atoms with Gasteiger partial charge in [0.1, 0.15) is 17.3 Å². The molecule has 5 rings (SSSR count). The number of carbonyl (C=O) groups excluding carboxylic acids is 1. The van der Waals surface area contributed by atoms with E-state index in [1.54, 1.807) is 30.5 Å². The van der Waals surface area contributed by atoms with Crippen molar-refractivity contribution in [3.63, 3.8) is 0 Å². The molecule has 1 N–H and O–H groups in total. The fourth-order valence-electron chi connectivity index (χ4n) is 5.38. The van der Waals surface area contributed by atoms with Gasteiger partial charge in [-0.15, -0.1) is 0 Å². The molecule has 3 heterocycles. The minimum Gasteiger partial charge on any atom is -0.490 e. The first-order valence-electron chi connectivity index (χ1n) is 14.9. The van der Waals surface area contributed by atoms with Crippen LogP contribution in [-0.4, -0.2) is 77.4 Å². The first-order valence-corrected chi connectivity index (χ1v) is 14.9. The number of aliphatic imine (C=N–C) groups is 2. The molecule has 0 fully saturated rings. The zero-order valence-electron chi connectivity index (χ0n) is 25.2. The van der Waals surface area contributed by atoms with Gasteiger partial charge in [0.25, 0.3) is 5.91 Å². The number of guanidine groups is 1. The van der Waals surface area contributed by atoms with Crippen LogP contribution in [0.25, 0.3) is 0 Å². The Morgan fingerprint density at radius 3 is 2.56 bits per heavy atom. The number of fused-ring (bicyclic) bond motifs is 3. The van der Waals surface area contributed by atoms with Crippen LogP contribution in [0.2, 0.25) is 0 Å². The van der Waals surface area contributed by atoms with Gasteiger partial charge in [0, 0.05) is 49.6 Å². The summed E-state index contributed by atoms with van der Waals surface area (Å²) in [6, 6.07) is 14.6. The quantitative estimate of drug-likeness (QED) is 0.293. The molecule has 43 heavy (non-hydrogen) atoms. The molecular formula is C33H39FN6O3. The average molecular weight is 587 g/mol. The van der Waals surface area contributed by atoms with E-state index < -0.39 is 0 Å². The van der Waals surface area contributed by atoms with Crippen molar-refractivity contribution in [2.24, 2.45) is 9.98 Å². The number of halogens is 1. The van der Waals surface area contributed by atoms with Crippen molar-refractivity contribution in [3.8, 4) is 11.5 Å². The van der Waals surface area contributed by atoms with Crippen LogP contribution in [0.3, 0.4) is 0 Å². The smallest absolute Gasteiger partial charge is 0.259 e. The van der Waals surface area contributed by atoms with E-state index in [1.165, 1.54) is 18.3 Å². The summed E-state index contributed by atoms with van der Waals surface area (Å²) in [7, 11) is 0. The number of carbonyl (C=O) groups is 1. The predicted octanol–water partition coefficient (Wildman–Crippen LogP) is 5.22. The fraction of sp³-hybridized carbons (Fsp3) is 0.394. The van der Waals surface area contributed by atoms with Crippen LogP contribution < -0.4 is 14.8 Å². The summed E-state index contributed by atoms with van der Waals surface area (Å²) in [6.45, 7) is 11.7. The molecule has 0 radical (unpaired) electrons. The van der Waals surface area contributed by atoms with Crippen molar-refractivity contribution >= 4 is 23.4 Å². The van der Waals surface area contributed by atoms with Crippen molar-refractivity contribution in [2.75, 3.05) is 32.8 Å². The maximum atomic E-state index is 13.4. The van der Waals surface area contributed by atoms with Crippen LogP contribution in [0.1, 0.15) is 55.6 Å². The number of ether oxygens (including phenoxy) is 2. The van der Waals surface area contributed by atoms with Crippen LogP contribution in [0.5, 0.6) is 11.5 Å². The highest BCUT2D eigenvalue weighted by Gasteiger charge is 2.33. The SMILES string of the molecule is CC(C)N(CCCOc1ccc2c(c1OCCc1ccc(F)cc1)N=C(NC(=O)c1cccnc1)N1CCN=C21)C(C)C. The van der Waals surface area contributed by atoms with E-state index in [2.05, 4.69) is 42.9 Å². The first kappa shape index (κ1) is 30.2. The molecule has 1 aromatic heterocycles. The molecule has 0 bridgehead atoms. The van der Waals surface area contributed by atoms with E-state index in [9.17, 15) is 9.18 Å². The molecule has 0 unspecified atom stereocenters. The van der Waals surface area contributed by atoms with Crippen molar-refractivity contribution in [3.05, 3.63) is 83.4 Å². The van der Waals surface area contributed by atoms with E-state index in [4.69, 9.17) is 19.5 Å². The Bertz CT molecular complexity index is 1470. The van der Waals surface area contributed by atoms with Crippen LogP contribution in [-0.2, 0) is 6.42 Å². The third kappa shape index (κ3) is 7.19. The number of pyridine rings is 1. The molecular weight excluding hydrogens is 547 g/mol. The number of hydrogen-bond donors (Lipinski definition) is 1. The molecule has 0 atom stereocenters. The minimum atomic E-state index is -0.312. The first-order chi connectivity index (χ1) is 20.8. The molecule has 3 aromatic rings. The molecule has 0 spiro atoms. The fourth-order valence-corrected chi connectivity index (χ4v) is 5.38. The Hall–Kier alpha value is -4.31. The van der Waals surface area contributed by atoms with Crippen molar-refractivity contribution < 1.29 is 18.7 Å². The van der Waals surface area contributed by atoms with Gasteiger partial charge in [-0.1, -0.05) is 12.1 Å². The second kappa shape index (κ2) is 13.8. The van der Waals surface area contributed by atoms with E-state index in [0.29, 0.717) is 73.5 Å². The molecule has 0 saturated heterocycles. The topological polar surface area (TPSA) is 91.7 Å². The minimum absolute atomic E-state index is 0.275. The molecule has 2 aromatic carbocycles. The molecule has 10 heteroatoms. The van der Waals surface area contributed by atoms with Gasteiger partial charge in [-0.3, -0.25) is 29.9 Å². The summed E-state index contributed by atoms with van der Waals surface area (Å²) in [5, 5.41) is 2.95. The van der Waals surface area contributed by atoms with E-state index in [0.717, 1.165) is 29.9 Å². The standard InChI is InChI=1S/C33H39FN6O3/c1-22(2)39(23(3)4)17-6-19-42-28-13-12-27-29(30(28)43-20-14-24-8-10-26(34)11-9-24)37-33(40-18-16-36-31(27)40)38-32(41)25-7-5-15-35-21-25/h5,7-13,15,21-23H,6,14,16-20H2,1-4H3,(H,37,38,41). The van der Waals surface area contributed by atoms with Crippen LogP contribution in [0.15, 0.2) is 70.9 Å². The lowest BCUT2D eigenvalue weighted by molar-refractivity contribution is 0.0973. The van der Waals surface area contributed by atoms with Crippen molar-refractivity contribution in [2.45, 2.75) is 52.6 Å². The van der Waals surface area contributed by atoms with Crippen LogP contribution in [0.4, 0.5) is 10.1 Å². The van der Waals surface area contributed by atoms with Gasteiger partial charge >= 0.3 is 0 Å². The van der Waals surface area contributed by atoms with Gasteiger partial charge in [0.05, 0.1) is 25.3 Å². The van der Waals surface area contributed by atoms with Gasteiger partial charge in [0.2, 0.25) is 5.96 Å². The highest BCUT2D eigenvalue weighted by molar-refractivity contribution is 6.20. The summed E-state index contributed by atoms with van der Waals surface area (Å²) in [4.78, 5) is 31.1. The molecule has 1 amide bonds. The highest BCUT2D eigenvalue weighted by Crippen LogP contribution is 2.43. The van der Waals surface area contributed by atoms with Gasteiger partial charge in [-0.05, 0) is 76.1 Å². The molecule has 2 aliphatic rings. The maximum Gasteiger partial charge on any atom is 0.259 e. The third-order valence-corrected chi connectivity index (χ3v) is 7.49. The summed E-state index contributed by atoms with van der Waals surface area (Å²) in [5.74, 6) is 1.59. The largest absolute Gasteiger partial charge is 0.490 e. The van der Waals surface area contributed by atoms with Gasteiger partial charge in [-0.2, -0.15) is 0 Å². The number of nitrogens with zero attached hydrogens (tertiary/aromatic N) is 5. The Morgan fingerprint density at radius 2 is 1.84 bits per heavy atom. The van der Waals surface area contributed by atoms with Gasteiger partial charge < -0.3 is 9.47 Å². The van der Waals surface area contributed by atoms with Crippen molar-refractivity contribution in [1.29, 1.82) is 0 Å². The Balaban J connectivity index is 1.42. The molecule has 0 saturated carbocycles. The maximum absolute atomic E-state index is 13.4. The number of benzene rings is 2. The lowest BCUT2D eigenvalue weighted by Crippen LogP contribution is -2.47. The van der Waals surface area contributed by atoms with Gasteiger partial charge in [0.15, 0.2) is 11.5 Å². The lowest BCUT2D eigenvalue weighted by atomic mass is 10.1. The number of amidine groups is 1. The van der Waals surface area contributed by atoms with Gasteiger partial charge in [-0.25, -0.2) is 9.38 Å². The van der Waals surface area contributed by atoms with Crippen LogP contribution in [0, 0.1) is 5.82 Å². The van der Waals surface area contributed by atoms with E-state index >= 15 is 0 Å². The molecule has 2 aliphatic heterocycles. The number of rotatable bonds is 12. The summed E-state index contributed by atoms with van der Waals surface area (Å²) < 4.78 is 26.1. The monoisotopic (exact) mass is 586 g/mol. The van der Waals surface area contributed by atoms with Crippen LogP contribution >= 0.6 is 0 Å². The van der Waals surface area contributed by atoms with Crippen molar-refractivity contribution in [1.82, 2.24) is 20.1 Å². The van der Waals surface area contributed by atoms with E-state index in [-0.39, 0.29) is 11.7 Å². The second-order valence-electron chi connectivity index (χ2n) is 11.1. The summed E-state index contributed by atoms with van der Waals surface area (Å²) in [5.41, 5.74) is 2.75. The number of nitrogens with one attached hydrogen (secondary N) is 1. The Labute approximate surface area is 252 Å². The zero-order chi connectivity index (χ0) is 30.3. The molecule has 226 valence electrons. The molecule has 9 nitrogen and oxygen atoms in total. The second-order valence-corrected chi connectivity index (χ2v) is 11.1. The number of aromatic nitrogens is 1. The molecule has 0 aliphatic carbocycles. The third-order valence-electron chi connectivity index (χ3n) is 7.49. The van der Waals surface area contributed by atoms with E-state index in [1.807, 2.05) is 17.0 Å². The predicted molar refractivity (Wildman–Crippen MR) is 166 cm³/mol. The number of hydrogen-bond acceptors (Lipinski definition) is 8.